The smallest absolute Gasteiger partial charge is 0.205 e. The Kier molecular flexibility index (Phi) is 4.37. The highest BCUT2D eigenvalue weighted by Crippen LogP contribution is 2.60. The first-order valence-electron chi connectivity index (χ1n) is 10.0. The average molecular weight is 439 g/mol. The number of halogens is 1. The Hall–Kier alpha value is -0.660. The third-order valence-corrected chi connectivity index (χ3v) is 7.69. The van der Waals surface area contributed by atoms with E-state index in [9.17, 15) is 0 Å². The van der Waals surface area contributed by atoms with Gasteiger partial charge in [0.05, 0.1) is 0 Å². The van der Waals surface area contributed by atoms with Crippen LogP contribution in [0.4, 0.5) is 0 Å². The molecule has 1 aliphatic carbocycles. The molecule has 148 valence electrons. The second kappa shape index (κ2) is 6.42. The molecule has 0 radical (unpaired) electrons. The summed E-state index contributed by atoms with van der Waals surface area (Å²) >= 11 is 3.47. The number of rotatable bonds is 2. The Morgan fingerprint density at radius 2 is 1.81 bits per heavy atom. The molecule has 0 N–H and O–H groups in total. The number of benzene rings is 1. The first kappa shape index (κ1) is 18.4. The molecule has 4 saturated heterocycles. The van der Waals surface area contributed by atoms with Gasteiger partial charge < -0.3 is 14.2 Å². The molecule has 0 amide bonds. The number of hydrogen-bond donors (Lipinski definition) is 0. The van der Waals surface area contributed by atoms with E-state index in [1.54, 1.807) is 0 Å². The van der Waals surface area contributed by atoms with Crippen molar-refractivity contribution in [3.63, 3.8) is 0 Å². The monoisotopic (exact) mass is 438 g/mol. The summed E-state index contributed by atoms with van der Waals surface area (Å²) in [5.74, 6) is 1.45. The van der Waals surface area contributed by atoms with E-state index in [1.807, 2.05) is 31.2 Å². The molecule has 1 spiro atoms. The van der Waals surface area contributed by atoms with Gasteiger partial charge in [0.25, 0.3) is 0 Å². The first-order chi connectivity index (χ1) is 12.9. The lowest BCUT2D eigenvalue weighted by atomic mass is 9.58. The van der Waals surface area contributed by atoms with Crippen molar-refractivity contribution in [1.29, 1.82) is 0 Å². The molecule has 2 bridgehead atoms. The van der Waals surface area contributed by atoms with E-state index in [0.717, 1.165) is 29.5 Å². The van der Waals surface area contributed by atoms with Gasteiger partial charge >= 0.3 is 0 Å². The Bertz CT molecular complexity index is 711. The third-order valence-electron chi connectivity index (χ3n) is 7.16. The summed E-state index contributed by atoms with van der Waals surface area (Å²) in [6, 6.07) is 7.87. The van der Waals surface area contributed by atoms with Crippen molar-refractivity contribution in [2.75, 3.05) is 0 Å². The normalized spacial score (nSPS) is 48.6. The Balaban J connectivity index is 1.48. The van der Waals surface area contributed by atoms with Crippen LogP contribution in [0.15, 0.2) is 28.7 Å². The van der Waals surface area contributed by atoms with E-state index >= 15 is 0 Å². The summed E-state index contributed by atoms with van der Waals surface area (Å²) in [5, 5.41) is 0. The molecular formula is C21H27BrO5. The summed E-state index contributed by atoms with van der Waals surface area (Å²) in [6.45, 7) is 6.48. The van der Waals surface area contributed by atoms with Gasteiger partial charge in [0.2, 0.25) is 12.1 Å². The average Bonchev–Trinajstić information content (AvgIpc) is 2.87. The zero-order valence-electron chi connectivity index (χ0n) is 16.0. The fourth-order valence-electron chi connectivity index (χ4n) is 5.65. The Labute approximate surface area is 168 Å². The van der Waals surface area contributed by atoms with Crippen molar-refractivity contribution < 1.29 is 24.0 Å². The highest BCUT2D eigenvalue weighted by atomic mass is 79.9. The lowest BCUT2D eigenvalue weighted by Crippen LogP contribution is -2.70. The zero-order chi connectivity index (χ0) is 18.8. The van der Waals surface area contributed by atoms with Crippen LogP contribution in [-0.2, 0) is 19.2 Å². The molecule has 6 rings (SSSR count). The molecule has 4 aliphatic heterocycles. The van der Waals surface area contributed by atoms with Gasteiger partial charge in [-0.15, -0.1) is 0 Å². The Morgan fingerprint density at radius 3 is 2.59 bits per heavy atom. The minimum absolute atomic E-state index is 0.176. The molecule has 1 aromatic rings. The van der Waals surface area contributed by atoms with Crippen LogP contribution in [0.5, 0.6) is 5.75 Å². The first-order valence-corrected chi connectivity index (χ1v) is 10.8. The van der Waals surface area contributed by atoms with Crippen molar-refractivity contribution in [3.8, 4) is 5.75 Å². The van der Waals surface area contributed by atoms with Crippen molar-refractivity contribution in [3.05, 3.63) is 28.7 Å². The Morgan fingerprint density at radius 1 is 1.04 bits per heavy atom. The van der Waals surface area contributed by atoms with Gasteiger partial charge in [-0.2, -0.15) is 0 Å². The van der Waals surface area contributed by atoms with E-state index in [2.05, 4.69) is 29.8 Å². The number of hydrogen-bond acceptors (Lipinski definition) is 5. The summed E-state index contributed by atoms with van der Waals surface area (Å²) in [6.07, 6.45) is 3.30. The molecule has 27 heavy (non-hydrogen) atoms. The third kappa shape index (κ3) is 2.79. The maximum absolute atomic E-state index is 6.43. The van der Waals surface area contributed by atoms with Gasteiger partial charge in [0.1, 0.15) is 5.75 Å². The minimum atomic E-state index is -0.750. The quantitative estimate of drug-likeness (QED) is 0.605. The molecule has 5 nitrogen and oxygen atoms in total. The molecule has 0 aromatic heterocycles. The summed E-state index contributed by atoms with van der Waals surface area (Å²) in [5.41, 5.74) is -0.535. The maximum atomic E-state index is 6.43. The lowest BCUT2D eigenvalue weighted by molar-refractivity contribution is -0.575. The highest BCUT2D eigenvalue weighted by Gasteiger charge is 2.69. The van der Waals surface area contributed by atoms with Crippen molar-refractivity contribution in [2.24, 2.45) is 23.7 Å². The minimum Gasteiger partial charge on any atom is -0.465 e. The fourth-order valence-corrected chi connectivity index (χ4v) is 5.92. The highest BCUT2D eigenvalue weighted by molar-refractivity contribution is 9.10. The standard InChI is InChI=1S/C21H27BrO5/c1-12-4-9-17-13(2)18(23-15-7-5-14(22)6-8-15)24-19-21(17)16(12)10-11-20(3,25-19)26-27-21/h5-8,12-13,16-19H,4,9-11H2,1-3H3/t12-,13-,16?,17?,18+,19-,20+,21-/m1/s1. The van der Waals surface area contributed by atoms with Crippen LogP contribution in [0.2, 0.25) is 0 Å². The van der Waals surface area contributed by atoms with Crippen LogP contribution >= 0.6 is 15.9 Å². The maximum Gasteiger partial charge on any atom is 0.205 e. The van der Waals surface area contributed by atoms with Gasteiger partial charge in [0, 0.05) is 22.7 Å². The SMILES string of the molecule is C[C@@H]1CCC2[C@@H](C)[C@@H](Oc3ccc(Br)cc3)O[C@@H]3O[C@]4(C)CCC1[C@@]23OO4. The fraction of sp³-hybridized carbons (Fsp3) is 0.714. The summed E-state index contributed by atoms with van der Waals surface area (Å²) in [7, 11) is 0. The zero-order valence-corrected chi connectivity index (χ0v) is 17.6. The predicted octanol–water partition coefficient (Wildman–Crippen LogP) is 5.04. The van der Waals surface area contributed by atoms with Crippen LogP contribution in [-0.4, -0.2) is 24.0 Å². The topological polar surface area (TPSA) is 46.2 Å². The van der Waals surface area contributed by atoms with E-state index in [-0.39, 0.29) is 18.1 Å². The van der Waals surface area contributed by atoms with E-state index < -0.39 is 17.7 Å². The van der Waals surface area contributed by atoms with Crippen LogP contribution in [0.25, 0.3) is 0 Å². The molecule has 1 aromatic carbocycles. The van der Waals surface area contributed by atoms with Crippen LogP contribution in [0.3, 0.4) is 0 Å². The second-order valence-corrected chi connectivity index (χ2v) is 9.76. The van der Waals surface area contributed by atoms with E-state index in [1.165, 1.54) is 6.42 Å². The summed E-state index contributed by atoms with van der Waals surface area (Å²) in [4.78, 5) is 12.0. The molecule has 8 atom stereocenters. The molecule has 5 aliphatic rings. The van der Waals surface area contributed by atoms with Gasteiger partial charge in [-0.3, -0.25) is 0 Å². The van der Waals surface area contributed by atoms with Crippen molar-refractivity contribution >= 4 is 15.9 Å². The van der Waals surface area contributed by atoms with Crippen LogP contribution < -0.4 is 4.74 Å². The van der Waals surface area contributed by atoms with Gasteiger partial charge in [-0.1, -0.05) is 29.8 Å². The van der Waals surface area contributed by atoms with Gasteiger partial charge in [0.15, 0.2) is 11.9 Å². The molecule has 2 unspecified atom stereocenters. The van der Waals surface area contributed by atoms with E-state index in [0.29, 0.717) is 11.8 Å². The van der Waals surface area contributed by atoms with Crippen molar-refractivity contribution in [1.82, 2.24) is 0 Å². The molecule has 5 fully saturated rings. The second-order valence-electron chi connectivity index (χ2n) is 8.85. The van der Waals surface area contributed by atoms with Crippen LogP contribution in [0, 0.1) is 23.7 Å². The molecule has 6 heteroatoms. The number of ether oxygens (including phenoxy) is 3. The van der Waals surface area contributed by atoms with Gasteiger partial charge in [-0.05, 0) is 62.3 Å². The van der Waals surface area contributed by atoms with E-state index in [4.69, 9.17) is 24.0 Å². The predicted molar refractivity (Wildman–Crippen MR) is 102 cm³/mol. The molecule has 1 saturated carbocycles. The van der Waals surface area contributed by atoms with Crippen molar-refractivity contribution in [2.45, 2.75) is 70.4 Å². The largest absolute Gasteiger partial charge is 0.465 e. The number of fused-ring (bicyclic) bond motifs is 2. The summed E-state index contributed by atoms with van der Waals surface area (Å²) < 4.78 is 20.1. The van der Waals surface area contributed by atoms with Crippen LogP contribution in [0.1, 0.15) is 46.5 Å². The van der Waals surface area contributed by atoms with Gasteiger partial charge in [-0.25, -0.2) is 9.78 Å². The lowest BCUT2D eigenvalue weighted by Gasteiger charge is -2.60. The molecular weight excluding hydrogens is 412 g/mol. The molecule has 4 heterocycles.